The van der Waals surface area contributed by atoms with Crippen LogP contribution in [0, 0.1) is 0 Å². The predicted octanol–water partition coefficient (Wildman–Crippen LogP) is 1.26. The van der Waals surface area contributed by atoms with E-state index < -0.39 is 30.3 Å². The molecule has 0 aromatic carbocycles. The summed E-state index contributed by atoms with van der Waals surface area (Å²) in [5, 5.41) is 0. The Labute approximate surface area is 114 Å². The van der Waals surface area contributed by atoms with Crippen molar-refractivity contribution in [3.63, 3.8) is 0 Å². The molecule has 0 unspecified atom stereocenters. The molecule has 0 saturated heterocycles. The van der Waals surface area contributed by atoms with Crippen LogP contribution in [0.25, 0.3) is 0 Å². The van der Waals surface area contributed by atoms with Gasteiger partial charge in [-0.3, -0.25) is 9.59 Å². The van der Waals surface area contributed by atoms with E-state index in [1.54, 1.807) is 0 Å². The molecule has 2 nitrogen and oxygen atoms in total. The Morgan fingerprint density at radius 1 is 0.786 bits per heavy atom. The smallest absolute Gasteiger partial charge is 0.289 e. The second-order valence-corrected chi connectivity index (χ2v) is 2.02. The summed E-state index contributed by atoms with van der Waals surface area (Å²) in [5.41, 5.74) is 0. The fourth-order valence-electron chi connectivity index (χ4n) is 0.346. The Balaban J connectivity index is 0. The first-order chi connectivity index (χ1) is 5.55. The normalized spacial score (nSPS) is 11.9. The average molecular weight is 345 g/mol. The first kappa shape index (κ1) is 16.9. The molecular formula is C5H2BaF6O2. The SMILES string of the molecule is O=C(CC(=O)C(F)(F)F)C(F)(F)F.[Ba]. The van der Waals surface area contributed by atoms with E-state index >= 15 is 0 Å². The number of hydrogen-bond acceptors (Lipinski definition) is 2. The van der Waals surface area contributed by atoms with E-state index in [9.17, 15) is 35.9 Å². The van der Waals surface area contributed by atoms with Crippen LogP contribution in [0.15, 0.2) is 0 Å². The van der Waals surface area contributed by atoms with Gasteiger partial charge in [0.2, 0.25) is 11.6 Å². The van der Waals surface area contributed by atoms with Gasteiger partial charge in [0.25, 0.3) is 0 Å². The second kappa shape index (κ2) is 5.54. The maximum Gasteiger partial charge on any atom is 0.450 e. The minimum absolute atomic E-state index is 0. The maximum absolute atomic E-state index is 11.3. The van der Waals surface area contributed by atoms with E-state index in [4.69, 9.17) is 0 Å². The van der Waals surface area contributed by atoms with Crippen molar-refractivity contribution in [1.82, 2.24) is 0 Å². The quantitative estimate of drug-likeness (QED) is 0.429. The molecule has 0 aliphatic rings. The van der Waals surface area contributed by atoms with E-state index in [2.05, 4.69) is 0 Å². The molecule has 0 atom stereocenters. The van der Waals surface area contributed by atoms with Crippen molar-refractivity contribution in [2.24, 2.45) is 0 Å². The number of carbonyl (C=O) groups is 2. The monoisotopic (exact) mass is 346 g/mol. The minimum atomic E-state index is -5.40. The molecule has 0 heterocycles. The van der Waals surface area contributed by atoms with E-state index in [1.807, 2.05) is 0 Å². The Kier molecular flexibility index (Phi) is 6.69. The fourth-order valence-corrected chi connectivity index (χ4v) is 0.346. The third kappa shape index (κ3) is 6.07. The molecule has 0 fully saturated rings. The molecule has 0 bridgehead atoms. The van der Waals surface area contributed by atoms with Crippen LogP contribution >= 0.6 is 0 Å². The van der Waals surface area contributed by atoms with Gasteiger partial charge in [0.15, 0.2) is 0 Å². The van der Waals surface area contributed by atoms with Crippen LogP contribution in [0.2, 0.25) is 0 Å². The van der Waals surface area contributed by atoms with Gasteiger partial charge in [-0.05, 0) is 0 Å². The Morgan fingerprint density at radius 3 is 1.14 bits per heavy atom. The van der Waals surface area contributed by atoms with E-state index in [0.717, 1.165) is 0 Å². The number of hydrogen-bond donors (Lipinski definition) is 0. The number of rotatable bonds is 2. The maximum atomic E-state index is 11.3. The van der Waals surface area contributed by atoms with E-state index in [0.29, 0.717) is 0 Å². The molecule has 0 aliphatic heterocycles. The van der Waals surface area contributed by atoms with Crippen LogP contribution in [0.5, 0.6) is 0 Å². The zero-order chi connectivity index (χ0) is 10.9. The second-order valence-electron chi connectivity index (χ2n) is 2.02. The van der Waals surface area contributed by atoms with E-state index in [1.165, 1.54) is 0 Å². The summed E-state index contributed by atoms with van der Waals surface area (Å²) in [7, 11) is 0. The largest absolute Gasteiger partial charge is 0.450 e. The average Bonchev–Trinajstić information content (AvgIpc) is 1.82. The molecule has 0 N–H and O–H groups in total. The van der Waals surface area contributed by atoms with Crippen LogP contribution in [-0.2, 0) is 9.59 Å². The van der Waals surface area contributed by atoms with Gasteiger partial charge in [0.1, 0.15) is 0 Å². The summed E-state index contributed by atoms with van der Waals surface area (Å²) in [6.07, 6.45) is -13.0. The summed E-state index contributed by atoms with van der Waals surface area (Å²) in [6, 6.07) is 0. The van der Waals surface area contributed by atoms with Crippen LogP contribution in [0.4, 0.5) is 26.3 Å². The molecule has 0 saturated carbocycles. The van der Waals surface area contributed by atoms with Gasteiger partial charge in [-0.25, -0.2) is 0 Å². The predicted molar refractivity (Wildman–Crippen MR) is 32.5 cm³/mol. The Morgan fingerprint density at radius 2 is 1.00 bits per heavy atom. The molecule has 2 radical (unpaired) electrons. The van der Waals surface area contributed by atoms with Crippen molar-refractivity contribution in [3.8, 4) is 0 Å². The van der Waals surface area contributed by atoms with Gasteiger partial charge in [0, 0.05) is 48.9 Å². The van der Waals surface area contributed by atoms with Crippen LogP contribution < -0.4 is 0 Å². The van der Waals surface area contributed by atoms with Crippen molar-refractivity contribution in [3.05, 3.63) is 0 Å². The molecule has 9 heteroatoms. The number of Topliss-reactive ketones (excluding diaryl/α,β-unsaturated/α-hetero) is 2. The zero-order valence-corrected chi connectivity index (χ0v) is 10.9. The van der Waals surface area contributed by atoms with Gasteiger partial charge in [-0.2, -0.15) is 26.3 Å². The van der Waals surface area contributed by atoms with Crippen molar-refractivity contribution in [1.29, 1.82) is 0 Å². The minimum Gasteiger partial charge on any atom is -0.289 e. The molecule has 14 heavy (non-hydrogen) atoms. The van der Waals surface area contributed by atoms with Crippen molar-refractivity contribution in [2.45, 2.75) is 18.8 Å². The molecule has 0 rings (SSSR count). The van der Waals surface area contributed by atoms with Crippen molar-refractivity contribution in [2.75, 3.05) is 0 Å². The molecule has 0 aromatic heterocycles. The molecular weight excluding hydrogens is 343 g/mol. The fraction of sp³-hybridized carbons (Fsp3) is 0.600. The topological polar surface area (TPSA) is 34.1 Å². The first-order valence-electron chi connectivity index (χ1n) is 2.75. The van der Waals surface area contributed by atoms with Gasteiger partial charge >= 0.3 is 12.4 Å². The molecule has 0 spiro atoms. The summed E-state index contributed by atoms with van der Waals surface area (Å²) in [6.45, 7) is 0. The zero-order valence-electron chi connectivity index (χ0n) is 6.50. The van der Waals surface area contributed by atoms with Crippen LogP contribution in [0.1, 0.15) is 6.42 Å². The van der Waals surface area contributed by atoms with Gasteiger partial charge in [0.05, 0.1) is 6.42 Å². The number of halogens is 6. The molecule has 0 aliphatic carbocycles. The summed E-state index contributed by atoms with van der Waals surface area (Å²) in [4.78, 5) is 19.8. The summed E-state index contributed by atoms with van der Waals surface area (Å²) < 4.78 is 68.0. The Bertz CT molecular complexity index is 205. The number of alkyl halides is 6. The van der Waals surface area contributed by atoms with Crippen LogP contribution in [-0.4, -0.2) is 72.8 Å². The Hall–Kier alpha value is 0.491. The number of carbonyl (C=O) groups excluding carboxylic acids is 2. The number of ketones is 2. The van der Waals surface area contributed by atoms with Gasteiger partial charge in [-0.15, -0.1) is 0 Å². The van der Waals surface area contributed by atoms with Crippen LogP contribution in [0.3, 0.4) is 0 Å². The third-order valence-corrected chi connectivity index (χ3v) is 0.953. The first-order valence-corrected chi connectivity index (χ1v) is 2.75. The van der Waals surface area contributed by atoms with Gasteiger partial charge < -0.3 is 0 Å². The molecule has 0 amide bonds. The van der Waals surface area contributed by atoms with E-state index in [-0.39, 0.29) is 48.9 Å². The standard InChI is InChI=1S/C5H2F6O2.Ba/c6-4(7,8)2(12)1-3(13)5(9,10)11;/h1H2;. The third-order valence-electron chi connectivity index (χ3n) is 0.953. The summed E-state index contributed by atoms with van der Waals surface area (Å²) in [5.74, 6) is -5.40. The molecule has 0 aromatic rings. The van der Waals surface area contributed by atoms with Gasteiger partial charge in [-0.1, -0.05) is 0 Å². The molecule has 78 valence electrons. The summed E-state index contributed by atoms with van der Waals surface area (Å²) >= 11 is 0. The van der Waals surface area contributed by atoms with Crippen molar-refractivity contribution >= 4 is 60.4 Å². The van der Waals surface area contributed by atoms with Crippen molar-refractivity contribution < 1.29 is 35.9 Å².